The number of nitrogens with zero attached hydrogens (tertiary/aromatic N) is 2. The molecule has 0 saturated carbocycles. The fourth-order valence-electron chi connectivity index (χ4n) is 4.26. The standard InChI is InChI=1S/C21H26N2O3/c1-15-12-20(24)26-19-13-16(4-5-18(15)19)14-22-10-6-17(7-11-22)21(25)23-8-2-3-9-23/h4-5,12-13,17H,2-3,6-11,14H2,1H3. The smallest absolute Gasteiger partial charge is 0.336 e. The van der Waals surface area contributed by atoms with Crippen molar-refractivity contribution in [2.24, 2.45) is 5.92 Å². The number of hydrogen-bond donors (Lipinski definition) is 0. The van der Waals surface area contributed by atoms with Crippen LogP contribution in [0.1, 0.15) is 36.8 Å². The SMILES string of the molecule is Cc1cc(=O)oc2cc(CN3CCC(C(=O)N4CCCC4)CC3)ccc12. The molecule has 0 unspecified atom stereocenters. The molecule has 2 aliphatic rings. The highest BCUT2D eigenvalue weighted by Crippen LogP contribution is 2.24. The Hall–Kier alpha value is -2.14. The van der Waals surface area contributed by atoms with Gasteiger partial charge in [-0.15, -0.1) is 0 Å². The Balaban J connectivity index is 1.39. The van der Waals surface area contributed by atoms with E-state index < -0.39 is 0 Å². The van der Waals surface area contributed by atoms with Gasteiger partial charge in [0, 0.05) is 37.0 Å². The summed E-state index contributed by atoms with van der Waals surface area (Å²) in [4.78, 5) is 28.6. The molecule has 0 aliphatic carbocycles. The first-order chi connectivity index (χ1) is 12.6. The normalized spacial score (nSPS) is 19.3. The number of piperidine rings is 1. The van der Waals surface area contributed by atoms with Gasteiger partial charge in [-0.05, 0) is 62.9 Å². The third-order valence-electron chi connectivity index (χ3n) is 5.78. The third kappa shape index (κ3) is 3.54. The van der Waals surface area contributed by atoms with Crippen molar-refractivity contribution in [1.29, 1.82) is 0 Å². The Labute approximate surface area is 153 Å². The summed E-state index contributed by atoms with van der Waals surface area (Å²) in [7, 11) is 0. The predicted octanol–water partition coefficient (Wildman–Crippen LogP) is 2.94. The van der Waals surface area contributed by atoms with E-state index in [4.69, 9.17) is 4.42 Å². The molecule has 5 nitrogen and oxygen atoms in total. The van der Waals surface area contributed by atoms with E-state index in [-0.39, 0.29) is 11.5 Å². The number of hydrogen-bond acceptors (Lipinski definition) is 4. The zero-order chi connectivity index (χ0) is 18.1. The molecular weight excluding hydrogens is 328 g/mol. The van der Waals surface area contributed by atoms with Gasteiger partial charge in [-0.3, -0.25) is 9.69 Å². The van der Waals surface area contributed by atoms with E-state index in [0.717, 1.165) is 74.9 Å². The second kappa shape index (κ2) is 7.23. The van der Waals surface area contributed by atoms with Crippen molar-refractivity contribution >= 4 is 16.9 Å². The van der Waals surface area contributed by atoms with Gasteiger partial charge in [0.05, 0.1) is 0 Å². The molecule has 26 heavy (non-hydrogen) atoms. The zero-order valence-corrected chi connectivity index (χ0v) is 15.4. The molecule has 4 rings (SSSR count). The molecule has 2 aromatic rings. The number of likely N-dealkylation sites (tertiary alicyclic amines) is 2. The Kier molecular flexibility index (Phi) is 4.81. The quantitative estimate of drug-likeness (QED) is 0.795. The fraction of sp³-hybridized carbons (Fsp3) is 0.524. The van der Waals surface area contributed by atoms with E-state index in [1.165, 1.54) is 6.07 Å². The van der Waals surface area contributed by atoms with Crippen molar-refractivity contribution in [2.75, 3.05) is 26.2 Å². The van der Waals surface area contributed by atoms with Crippen molar-refractivity contribution in [3.63, 3.8) is 0 Å². The van der Waals surface area contributed by atoms with Gasteiger partial charge in [0.1, 0.15) is 5.58 Å². The number of amides is 1. The van der Waals surface area contributed by atoms with Gasteiger partial charge in [-0.25, -0.2) is 4.79 Å². The van der Waals surface area contributed by atoms with Crippen LogP contribution in [0, 0.1) is 12.8 Å². The van der Waals surface area contributed by atoms with Gasteiger partial charge in [0.25, 0.3) is 0 Å². The minimum Gasteiger partial charge on any atom is -0.423 e. The fourth-order valence-corrected chi connectivity index (χ4v) is 4.26. The van der Waals surface area contributed by atoms with Gasteiger partial charge in [-0.2, -0.15) is 0 Å². The van der Waals surface area contributed by atoms with Gasteiger partial charge in [0.2, 0.25) is 5.91 Å². The van der Waals surface area contributed by atoms with Crippen LogP contribution in [-0.4, -0.2) is 41.9 Å². The zero-order valence-electron chi connectivity index (χ0n) is 15.4. The first-order valence-electron chi connectivity index (χ1n) is 9.65. The minimum atomic E-state index is -0.298. The van der Waals surface area contributed by atoms with Crippen molar-refractivity contribution < 1.29 is 9.21 Å². The lowest BCUT2D eigenvalue weighted by molar-refractivity contribution is -0.136. The van der Waals surface area contributed by atoms with E-state index in [2.05, 4.69) is 11.0 Å². The van der Waals surface area contributed by atoms with Gasteiger partial charge < -0.3 is 9.32 Å². The van der Waals surface area contributed by atoms with Crippen LogP contribution in [0.5, 0.6) is 0 Å². The molecule has 0 N–H and O–H groups in total. The lowest BCUT2D eigenvalue weighted by atomic mass is 9.95. The maximum Gasteiger partial charge on any atom is 0.336 e. The average Bonchev–Trinajstić information content (AvgIpc) is 3.16. The highest BCUT2D eigenvalue weighted by atomic mass is 16.4. The summed E-state index contributed by atoms with van der Waals surface area (Å²) in [5, 5.41) is 0.989. The van der Waals surface area contributed by atoms with Gasteiger partial charge >= 0.3 is 5.63 Å². The molecule has 2 saturated heterocycles. The third-order valence-corrected chi connectivity index (χ3v) is 5.78. The summed E-state index contributed by atoms with van der Waals surface area (Å²) >= 11 is 0. The lowest BCUT2D eigenvalue weighted by Gasteiger charge is -2.33. The van der Waals surface area contributed by atoms with Crippen molar-refractivity contribution in [3.8, 4) is 0 Å². The second-order valence-corrected chi connectivity index (χ2v) is 7.66. The lowest BCUT2D eigenvalue weighted by Crippen LogP contribution is -2.41. The molecule has 138 valence electrons. The first kappa shape index (κ1) is 17.3. The average molecular weight is 354 g/mol. The van der Waals surface area contributed by atoms with E-state index in [1.807, 2.05) is 24.0 Å². The second-order valence-electron chi connectivity index (χ2n) is 7.66. The highest BCUT2D eigenvalue weighted by Gasteiger charge is 2.29. The van der Waals surface area contributed by atoms with Gasteiger partial charge in [0.15, 0.2) is 0 Å². The van der Waals surface area contributed by atoms with Crippen molar-refractivity contribution in [1.82, 2.24) is 9.80 Å². The van der Waals surface area contributed by atoms with E-state index in [0.29, 0.717) is 11.5 Å². The van der Waals surface area contributed by atoms with Crippen LogP contribution < -0.4 is 5.63 Å². The maximum atomic E-state index is 12.5. The molecule has 1 aromatic carbocycles. The number of aryl methyl sites for hydroxylation is 1. The Bertz CT molecular complexity index is 859. The molecule has 0 spiro atoms. The predicted molar refractivity (Wildman–Crippen MR) is 101 cm³/mol. The van der Waals surface area contributed by atoms with Crippen LogP contribution in [-0.2, 0) is 11.3 Å². The van der Waals surface area contributed by atoms with E-state index in [9.17, 15) is 9.59 Å². The molecule has 0 atom stereocenters. The molecule has 1 aromatic heterocycles. The molecule has 1 amide bonds. The largest absolute Gasteiger partial charge is 0.423 e. The summed E-state index contributed by atoms with van der Waals surface area (Å²) in [5.41, 5.74) is 2.46. The maximum absolute atomic E-state index is 12.5. The summed E-state index contributed by atoms with van der Waals surface area (Å²) < 4.78 is 5.35. The van der Waals surface area contributed by atoms with Crippen LogP contribution in [0.2, 0.25) is 0 Å². The van der Waals surface area contributed by atoms with Crippen LogP contribution in [0.25, 0.3) is 11.0 Å². The number of carbonyl (C=O) groups is 1. The minimum absolute atomic E-state index is 0.196. The number of rotatable bonds is 3. The topological polar surface area (TPSA) is 53.8 Å². The van der Waals surface area contributed by atoms with E-state index >= 15 is 0 Å². The molecule has 2 fully saturated rings. The Morgan fingerprint density at radius 3 is 2.58 bits per heavy atom. The summed E-state index contributed by atoms with van der Waals surface area (Å²) in [6.07, 6.45) is 4.19. The van der Waals surface area contributed by atoms with Crippen molar-refractivity contribution in [2.45, 2.75) is 39.2 Å². The Morgan fingerprint density at radius 2 is 1.85 bits per heavy atom. The molecule has 0 bridgehead atoms. The van der Waals surface area contributed by atoms with Crippen molar-refractivity contribution in [3.05, 3.63) is 45.8 Å². The van der Waals surface area contributed by atoms with Crippen LogP contribution in [0.15, 0.2) is 33.5 Å². The first-order valence-corrected chi connectivity index (χ1v) is 9.65. The number of fused-ring (bicyclic) bond motifs is 1. The summed E-state index contributed by atoms with van der Waals surface area (Å²) in [6.45, 7) is 6.54. The molecule has 0 radical (unpaired) electrons. The Morgan fingerprint density at radius 1 is 1.12 bits per heavy atom. The summed E-state index contributed by atoms with van der Waals surface area (Å²) in [6, 6.07) is 7.65. The summed E-state index contributed by atoms with van der Waals surface area (Å²) in [5.74, 6) is 0.562. The van der Waals surface area contributed by atoms with Crippen LogP contribution in [0.3, 0.4) is 0 Å². The molecule has 2 aliphatic heterocycles. The molecular formula is C21H26N2O3. The molecule has 5 heteroatoms. The van der Waals surface area contributed by atoms with Crippen LogP contribution in [0.4, 0.5) is 0 Å². The van der Waals surface area contributed by atoms with E-state index in [1.54, 1.807) is 0 Å². The number of benzene rings is 1. The van der Waals surface area contributed by atoms with Gasteiger partial charge in [-0.1, -0.05) is 12.1 Å². The number of carbonyl (C=O) groups excluding carboxylic acids is 1. The monoisotopic (exact) mass is 354 g/mol. The highest BCUT2D eigenvalue weighted by molar-refractivity contribution is 5.80. The van der Waals surface area contributed by atoms with Crippen LogP contribution >= 0.6 is 0 Å². The molecule has 3 heterocycles.